The molecule has 0 atom stereocenters. The molecule has 0 radical (unpaired) electrons. The van der Waals surface area contributed by atoms with E-state index in [0.29, 0.717) is 22.5 Å². The number of para-hydroxylation sites is 2. The third kappa shape index (κ3) is 9.00. The highest BCUT2D eigenvalue weighted by molar-refractivity contribution is 5.98. The van der Waals surface area contributed by atoms with Gasteiger partial charge < -0.3 is 5.11 Å². The highest BCUT2D eigenvalue weighted by atomic mass is 16.3. The topological polar surface area (TPSA) is 50.9 Å². The zero-order valence-corrected chi connectivity index (χ0v) is 41.3. The summed E-state index contributed by atoms with van der Waals surface area (Å²) >= 11 is 0. The lowest BCUT2D eigenvalue weighted by atomic mass is 9.78. The summed E-state index contributed by atoms with van der Waals surface area (Å²) in [5.74, 6) is 0.684. The molecular formula is C67H61N3O. The van der Waals surface area contributed by atoms with Crippen LogP contribution in [0.5, 0.6) is 5.75 Å². The molecule has 1 fully saturated rings. The number of nitrogens with zero attached hydrogens (tertiary/aromatic N) is 3. The van der Waals surface area contributed by atoms with Crippen LogP contribution in [0.3, 0.4) is 0 Å². The Kier molecular flexibility index (Phi) is 11.5. The monoisotopic (exact) mass is 925 g/mol. The number of benzene rings is 8. The molecule has 1 aliphatic rings. The van der Waals surface area contributed by atoms with Crippen molar-refractivity contribution in [2.24, 2.45) is 5.92 Å². The molecule has 1 N–H and O–H groups in total. The molecule has 350 valence electrons. The molecule has 11 rings (SSSR count). The number of pyridine rings is 1. The average molecular weight is 926 g/mol. The second kappa shape index (κ2) is 18.8. The second-order valence-corrected chi connectivity index (χ2v) is 20.8. The van der Waals surface area contributed by atoms with Gasteiger partial charge in [-0.1, -0.05) is 212 Å². The first-order chi connectivity index (χ1) is 35.3. The lowest BCUT2D eigenvalue weighted by molar-refractivity contribution is 0.479. The van der Waals surface area contributed by atoms with Gasteiger partial charge in [0.15, 0.2) is 0 Å². The maximum absolute atomic E-state index is 12.4. The van der Waals surface area contributed by atoms with Gasteiger partial charge in [-0.3, -0.25) is 9.55 Å². The first-order valence-electron chi connectivity index (χ1n) is 26.1. The summed E-state index contributed by atoms with van der Waals surface area (Å²) in [5, 5.41) is 12.4. The van der Waals surface area contributed by atoms with E-state index in [-0.39, 0.29) is 22.5 Å². The van der Waals surface area contributed by atoms with Crippen molar-refractivity contribution in [2.75, 3.05) is 0 Å². The second-order valence-electron chi connectivity index (χ2n) is 20.8. The van der Waals surface area contributed by atoms with Crippen molar-refractivity contribution in [2.45, 2.75) is 77.5 Å². The Labute approximate surface area is 422 Å². The van der Waals surface area contributed by atoms with Gasteiger partial charge >= 0.3 is 0 Å². The quantitative estimate of drug-likeness (QED) is 0.141. The highest BCUT2D eigenvalue weighted by Crippen LogP contribution is 2.45. The summed E-state index contributed by atoms with van der Waals surface area (Å²) in [7, 11) is 0. The first kappa shape index (κ1) is 43.2. The SMILES string of the molecule is [2H]C([2H])(c1ccc(-n2c(-c3cccc(-c4ccccc4)c3O)nc3c(-c4cc(-c5cc(-c6ccc(C(C)(C)c7ccccc7)cc6)ccn5)cc(C(C)(C)C)c4)cccc32)c(-c2ccccc2)c1)C1CCCC1. The number of imidazole rings is 1. The summed E-state index contributed by atoms with van der Waals surface area (Å²) in [6, 6.07) is 69.3. The van der Waals surface area contributed by atoms with Crippen LogP contribution < -0.4 is 0 Å². The smallest absolute Gasteiger partial charge is 0.149 e. The molecule has 10 aromatic rings. The molecule has 2 aromatic heterocycles. The zero-order chi connectivity index (χ0) is 50.5. The summed E-state index contributed by atoms with van der Waals surface area (Å²) in [6.45, 7) is 11.3. The van der Waals surface area contributed by atoms with Gasteiger partial charge in [-0.15, -0.1) is 0 Å². The molecule has 0 aliphatic heterocycles. The third-order valence-corrected chi connectivity index (χ3v) is 14.7. The van der Waals surface area contributed by atoms with E-state index in [4.69, 9.17) is 9.97 Å². The van der Waals surface area contributed by atoms with E-state index < -0.39 is 6.37 Å². The summed E-state index contributed by atoms with van der Waals surface area (Å²) < 4.78 is 21.2. The molecule has 4 heteroatoms. The average Bonchev–Trinajstić information content (AvgIpc) is 4.12. The Morgan fingerprint density at radius 3 is 1.85 bits per heavy atom. The molecule has 0 unspecified atom stereocenters. The van der Waals surface area contributed by atoms with Crippen LogP contribution in [0.1, 0.15) is 85.3 Å². The van der Waals surface area contributed by atoms with Crippen LogP contribution in [0, 0.1) is 5.92 Å². The maximum Gasteiger partial charge on any atom is 0.149 e. The van der Waals surface area contributed by atoms with Crippen molar-refractivity contribution in [3.8, 4) is 78.6 Å². The van der Waals surface area contributed by atoms with Crippen molar-refractivity contribution in [1.82, 2.24) is 14.5 Å². The number of fused-ring (bicyclic) bond motifs is 1. The van der Waals surface area contributed by atoms with Crippen LogP contribution in [-0.2, 0) is 17.2 Å². The van der Waals surface area contributed by atoms with Crippen LogP contribution in [0.25, 0.3) is 83.9 Å². The number of phenols is 1. The van der Waals surface area contributed by atoms with Crippen molar-refractivity contribution < 1.29 is 7.85 Å². The molecule has 2 heterocycles. The largest absolute Gasteiger partial charge is 0.507 e. The van der Waals surface area contributed by atoms with Gasteiger partial charge in [0, 0.05) is 36.6 Å². The number of aromatic nitrogens is 3. The van der Waals surface area contributed by atoms with Gasteiger partial charge in [0.25, 0.3) is 0 Å². The fraction of sp³-hybridized carbons (Fsp3) is 0.194. The summed E-state index contributed by atoms with van der Waals surface area (Å²) in [4.78, 5) is 10.6. The van der Waals surface area contributed by atoms with Crippen LogP contribution in [0.15, 0.2) is 206 Å². The van der Waals surface area contributed by atoms with Crippen LogP contribution in [0.4, 0.5) is 0 Å². The molecule has 0 saturated heterocycles. The van der Waals surface area contributed by atoms with Gasteiger partial charge in [0.1, 0.15) is 11.6 Å². The number of hydrogen-bond acceptors (Lipinski definition) is 3. The Balaban J connectivity index is 1.09. The van der Waals surface area contributed by atoms with Crippen molar-refractivity contribution in [3.63, 3.8) is 0 Å². The van der Waals surface area contributed by atoms with E-state index in [1.807, 2.05) is 79.0 Å². The van der Waals surface area contributed by atoms with E-state index >= 15 is 0 Å². The molecule has 0 bridgehead atoms. The van der Waals surface area contributed by atoms with Crippen LogP contribution in [0.2, 0.25) is 0 Å². The number of hydrogen-bond donors (Lipinski definition) is 1. The standard InChI is InChI=1S/C67H61N3O/c1-66(2,3)55-42-51(41-52(43-55)60-44-50(37-38-68-60)47-32-34-54(35-33-47)67(4,5)53-25-13-8-14-26-53)56-27-18-30-62-63(56)69-65(58-29-17-28-57(64(58)71)48-21-9-6-10-22-48)70(62)61-36-31-46(39-45-19-15-16-20-45)40-59(61)49-23-11-7-12-24-49/h6-14,17-18,21-38,40-45,71H,15-16,19-20,39H2,1-5H3/i39D2. The minimum Gasteiger partial charge on any atom is -0.507 e. The summed E-state index contributed by atoms with van der Waals surface area (Å²) in [6.07, 6.45) is 4.29. The fourth-order valence-electron chi connectivity index (χ4n) is 10.5. The lowest BCUT2D eigenvalue weighted by Gasteiger charge is -2.26. The van der Waals surface area contributed by atoms with Crippen molar-refractivity contribution >= 4 is 11.0 Å². The van der Waals surface area contributed by atoms with E-state index in [9.17, 15) is 7.85 Å². The highest BCUT2D eigenvalue weighted by Gasteiger charge is 2.26. The first-order valence-corrected chi connectivity index (χ1v) is 25.1. The molecule has 0 amide bonds. The molecule has 4 nitrogen and oxygen atoms in total. The van der Waals surface area contributed by atoms with Gasteiger partial charge in [0.05, 0.1) is 28.0 Å². The van der Waals surface area contributed by atoms with E-state index in [1.165, 1.54) is 16.7 Å². The predicted octanol–water partition coefficient (Wildman–Crippen LogP) is 17.5. The van der Waals surface area contributed by atoms with Gasteiger partial charge in [-0.2, -0.15) is 0 Å². The van der Waals surface area contributed by atoms with Gasteiger partial charge in [-0.05, 0) is 116 Å². The fourth-order valence-corrected chi connectivity index (χ4v) is 10.5. The Bertz CT molecular complexity index is 3610. The molecule has 0 spiro atoms. The van der Waals surface area contributed by atoms with E-state index in [0.717, 1.165) is 92.6 Å². The molecule has 1 aliphatic carbocycles. The van der Waals surface area contributed by atoms with Crippen molar-refractivity contribution in [1.29, 1.82) is 0 Å². The number of rotatable bonds is 11. The Morgan fingerprint density at radius 2 is 1.14 bits per heavy atom. The summed E-state index contributed by atoms with van der Waals surface area (Å²) in [5.41, 5.74) is 16.7. The minimum atomic E-state index is -1.50. The maximum atomic E-state index is 12.4. The van der Waals surface area contributed by atoms with E-state index in [2.05, 4.69) is 167 Å². The zero-order valence-electron chi connectivity index (χ0n) is 43.3. The van der Waals surface area contributed by atoms with Gasteiger partial charge in [0.2, 0.25) is 0 Å². The molecule has 1 saturated carbocycles. The van der Waals surface area contributed by atoms with Crippen LogP contribution in [-0.4, -0.2) is 19.6 Å². The predicted molar refractivity (Wildman–Crippen MR) is 296 cm³/mol. The minimum absolute atomic E-state index is 0.0392. The number of aromatic hydroxyl groups is 1. The Morgan fingerprint density at radius 1 is 0.521 bits per heavy atom. The van der Waals surface area contributed by atoms with Gasteiger partial charge in [-0.25, -0.2) is 4.98 Å². The van der Waals surface area contributed by atoms with Crippen molar-refractivity contribution in [3.05, 3.63) is 229 Å². The lowest BCUT2D eigenvalue weighted by Crippen LogP contribution is -2.18. The number of phenolic OH excluding ortho intramolecular Hbond substituents is 1. The normalized spacial score (nSPS) is 13.9. The van der Waals surface area contributed by atoms with E-state index in [1.54, 1.807) is 0 Å². The van der Waals surface area contributed by atoms with Crippen LogP contribution >= 0.6 is 0 Å². The Hall–Kier alpha value is -7.82. The third-order valence-electron chi connectivity index (χ3n) is 14.7. The molecular weight excluding hydrogens is 863 g/mol. The molecule has 71 heavy (non-hydrogen) atoms. The molecule has 8 aromatic carbocycles.